The standard InChI is InChI=1S/C15H22N2O2/c1-4-15(17-7-5-16-6-8-17)12-9-13(18-2)11-14(10-12)19-3/h4,9-11,15-16H,1,5-8H2,2-3H3/t15-/m1/s1. The Morgan fingerprint density at radius 1 is 1.16 bits per heavy atom. The molecule has 0 saturated carbocycles. The molecule has 2 rings (SSSR count). The molecule has 0 spiro atoms. The molecule has 0 amide bonds. The zero-order valence-electron chi connectivity index (χ0n) is 11.7. The van der Waals surface area contributed by atoms with Gasteiger partial charge in [-0.05, 0) is 17.7 Å². The second-order valence-corrected chi connectivity index (χ2v) is 4.61. The molecule has 0 bridgehead atoms. The van der Waals surface area contributed by atoms with E-state index in [1.165, 1.54) is 0 Å². The van der Waals surface area contributed by atoms with Gasteiger partial charge in [-0.2, -0.15) is 0 Å². The summed E-state index contributed by atoms with van der Waals surface area (Å²) in [5.74, 6) is 1.63. The van der Waals surface area contributed by atoms with Crippen molar-refractivity contribution in [1.82, 2.24) is 10.2 Å². The monoisotopic (exact) mass is 262 g/mol. The third-order valence-electron chi connectivity index (χ3n) is 3.48. The van der Waals surface area contributed by atoms with Crippen molar-refractivity contribution in [2.24, 2.45) is 0 Å². The Morgan fingerprint density at radius 2 is 1.74 bits per heavy atom. The summed E-state index contributed by atoms with van der Waals surface area (Å²) >= 11 is 0. The SMILES string of the molecule is C=C[C@H](c1cc(OC)cc(OC)c1)N1CCNCC1. The molecule has 1 aromatic rings. The smallest absolute Gasteiger partial charge is 0.122 e. The first-order chi connectivity index (χ1) is 9.28. The van der Waals surface area contributed by atoms with Gasteiger partial charge >= 0.3 is 0 Å². The number of methoxy groups -OCH3 is 2. The van der Waals surface area contributed by atoms with Crippen LogP contribution < -0.4 is 14.8 Å². The molecule has 0 unspecified atom stereocenters. The van der Waals surface area contributed by atoms with E-state index in [2.05, 4.69) is 28.9 Å². The molecule has 1 aromatic carbocycles. The topological polar surface area (TPSA) is 33.7 Å². The van der Waals surface area contributed by atoms with Crippen molar-refractivity contribution in [2.45, 2.75) is 6.04 Å². The molecule has 4 nitrogen and oxygen atoms in total. The lowest BCUT2D eigenvalue weighted by molar-refractivity contribution is 0.203. The highest BCUT2D eigenvalue weighted by Gasteiger charge is 2.20. The van der Waals surface area contributed by atoms with Crippen LogP contribution in [-0.4, -0.2) is 45.3 Å². The van der Waals surface area contributed by atoms with Crippen LogP contribution in [0.25, 0.3) is 0 Å². The van der Waals surface area contributed by atoms with E-state index in [9.17, 15) is 0 Å². The summed E-state index contributed by atoms with van der Waals surface area (Å²) < 4.78 is 10.7. The van der Waals surface area contributed by atoms with Crippen LogP contribution in [0.15, 0.2) is 30.9 Å². The first-order valence-corrected chi connectivity index (χ1v) is 6.58. The van der Waals surface area contributed by atoms with Crippen molar-refractivity contribution in [3.8, 4) is 11.5 Å². The summed E-state index contributed by atoms with van der Waals surface area (Å²) in [4.78, 5) is 2.41. The Morgan fingerprint density at radius 3 is 2.21 bits per heavy atom. The number of nitrogens with one attached hydrogen (secondary N) is 1. The van der Waals surface area contributed by atoms with Crippen molar-refractivity contribution < 1.29 is 9.47 Å². The minimum absolute atomic E-state index is 0.200. The molecule has 4 heteroatoms. The molecule has 19 heavy (non-hydrogen) atoms. The van der Waals surface area contributed by atoms with Gasteiger partial charge in [-0.3, -0.25) is 4.90 Å². The maximum atomic E-state index is 5.33. The van der Waals surface area contributed by atoms with Gasteiger partial charge in [0.15, 0.2) is 0 Å². The van der Waals surface area contributed by atoms with Gasteiger partial charge in [0.25, 0.3) is 0 Å². The molecule has 1 atom stereocenters. The second kappa shape index (κ2) is 6.59. The Kier molecular flexibility index (Phi) is 4.82. The average molecular weight is 262 g/mol. The van der Waals surface area contributed by atoms with Crippen LogP contribution in [0.1, 0.15) is 11.6 Å². The summed E-state index contributed by atoms with van der Waals surface area (Å²) in [7, 11) is 3.35. The maximum absolute atomic E-state index is 5.33. The summed E-state index contributed by atoms with van der Waals surface area (Å²) in [5, 5.41) is 3.36. The van der Waals surface area contributed by atoms with Crippen LogP contribution in [0.3, 0.4) is 0 Å². The van der Waals surface area contributed by atoms with Crippen LogP contribution in [0, 0.1) is 0 Å². The van der Waals surface area contributed by atoms with E-state index in [1.807, 2.05) is 12.1 Å². The molecule has 1 fully saturated rings. The third-order valence-corrected chi connectivity index (χ3v) is 3.48. The van der Waals surface area contributed by atoms with E-state index >= 15 is 0 Å². The van der Waals surface area contributed by atoms with E-state index in [4.69, 9.17) is 9.47 Å². The normalized spacial score (nSPS) is 17.8. The zero-order valence-corrected chi connectivity index (χ0v) is 11.7. The number of piperazine rings is 1. The molecule has 1 N–H and O–H groups in total. The van der Waals surface area contributed by atoms with Crippen LogP contribution in [0.4, 0.5) is 0 Å². The fourth-order valence-corrected chi connectivity index (χ4v) is 2.46. The molecule has 1 aliphatic rings. The molecular weight excluding hydrogens is 240 g/mol. The van der Waals surface area contributed by atoms with Crippen LogP contribution in [0.5, 0.6) is 11.5 Å². The predicted octanol–water partition coefficient (Wildman–Crippen LogP) is 1.84. The summed E-state index contributed by atoms with van der Waals surface area (Å²) in [5.41, 5.74) is 1.16. The van der Waals surface area contributed by atoms with E-state index in [1.54, 1.807) is 14.2 Å². The Bertz CT molecular complexity index is 406. The Hall–Kier alpha value is -1.52. The van der Waals surface area contributed by atoms with E-state index in [0.29, 0.717) is 0 Å². The number of hydrogen-bond donors (Lipinski definition) is 1. The summed E-state index contributed by atoms with van der Waals surface area (Å²) in [6, 6.07) is 6.20. The van der Waals surface area contributed by atoms with E-state index in [0.717, 1.165) is 43.2 Å². The van der Waals surface area contributed by atoms with Gasteiger partial charge in [0.05, 0.1) is 20.3 Å². The minimum atomic E-state index is 0.200. The fourth-order valence-electron chi connectivity index (χ4n) is 2.46. The average Bonchev–Trinajstić information content (AvgIpc) is 2.48. The van der Waals surface area contributed by atoms with Crippen molar-refractivity contribution in [3.63, 3.8) is 0 Å². The van der Waals surface area contributed by atoms with Crippen molar-refractivity contribution in [3.05, 3.63) is 36.4 Å². The quantitative estimate of drug-likeness (QED) is 0.821. The second-order valence-electron chi connectivity index (χ2n) is 4.61. The molecule has 1 aliphatic heterocycles. The molecule has 1 heterocycles. The van der Waals surface area contributed by atoms with Gasteiger partial charge < -0.3 is 14.8 Å². The van der Waals surface area contributed by atoms with Crippen molar-refractivity contribution in [1.29, 1.82) is 0 Å². The van der Waals surface area contributed by atoms with Crippen LogP contribution in [0.2, 0.25) is 0 Å². The van der Waals surface area contributed by atoms with Crippen molar-refractivity contribution >= 4 is 0 Å². The lowest BCUT2D eigenvalue weighted by Gasteiger charge is -2.33. The first kappa shape index (κ1) is 13.9. The number of hydrogen-bond acceptors (Lipinski definition) is 4. The molecule has 104 valence electrons. The van der Waals surface area contributed by atoms with Gasteiger partial charge in [0.2, 0.25) is 0 Å². The molecule has 0 aliphatic carbocycles. The molecular formula is C15H22N2O2. The summed E-state index contributed by atoms with van der Waals surface area (Å²) in [6.45, 7) is 8.07. The van der Waals surface area contributed by atoms with Crippen LogP contribution in [-0.2, 0) is 0 Å². The van der Waals surface area contributed by atoms with Gasteiger partial charge in [-0.1, -0.05) is 6.08 Å². The fraction of sp³-hybridized carbons (Fsp3) is 0.467. The van der Waals surface area contributed by atoms with Gasteiger partial charge in [-0.15, -0.1) is 6.58 Å². The number of benzene rings is 1. The first-order valence-electron chi connectivity index (χ1n) is 6.58. The van der Waals surface area contributed by atoms with Crippen molar-refractivity contribution in [2.75, 3.05) is 40.4 Å². The molecule has 0 aromatic heterocycles. The van der Waals surface area contributed by atoms with Crippen LogP contribution >= 0.6 is 0 Å². The van der Waals surface area contributed by atoms with Gasteiger partial charge in [-0.25, -0.2) is 0 Å². The van der Waals surface area contributed by atoms with Gasteiger partial charge in [0.1, 0.15) is 11.5 Å². The highest BCUT2D eigenvalue weighted by Crippen LogP contribution is 2.30. The van der Waals surface area contributed by atoms with Gasteiger partial charge in [0, 0.05) is 32.2 Å². The zero-order chi connectivity index (χ0) is 13.7. The number of nitrogens with zero attached hydrogens (tertiary/aromatic N) is 1. The summed E-state index contributed by atoms with van der Waals surface area (Å²) in [6.07, 6.45) is 1.99. The Labute approximate surface area is 115 Å². The number of ether oxygens (including phenoxy) is 2. The maximum Gasteiger partial charge on any atom is 0.122 e. The highest BCUT2D eigenvalue weighted by atomic mass is 16.5. The Balaban J connectivity index is 2.28. The molecule has 0 radical (unpaired) electrons. The molecule has 1 saturated heterocycles. The van der Waals surface area contributed by atoms with E-state index < -0.39 is 0 Å². The number of rotatable bonds is 5. The minimum Gasteiger partial charge on any atom is -0.497 e. The largest absolute Gasteiger partial charge is 0.497 e. The third kappa shape index (κ3) is 3.28. The predicted molar refractivity (Wildman–Crippen MR) is 76.9 cm³/mol. The lowest BCUT2D eigenvalue weighted by atomic mass is 10.0. The lowest BCUT2D eigenvalue weighted by Crippen LogP contribution is -2.44. The van der Waals surface area contributed by atoms with E-state index in [-0.39, 0.29) is 6.04 Å². The highest BCUT2D eigenvalue weighted by molar-refractivity contribution is 5.41.